The highest BCUT2D eigenvalue weighted by molar-refractivity contribution is 8.04. The highest BCUT2D eigenvalue weighted by Crippen LogP contribution is 2.36. The van der Waals surface area contributed by atoms with E-state index in [9.17, 15) is 14.4 Å². The maximum atomic E-state index is 13.2. The Labute approximate surface area is 212 Å². The molecule has 2 aromatic carbocycles. The highest BCUT2D eigenvalue weighted by atomic mass is 32.2. The lowest BCUT2D eigenvalue weighted by Gasteiger charge is -2.17. The van der Waals surface area contributed by atoms with Gasteiger partial charge in [-0.15, -0.1) is 0 Å². The van der Waals surface area contributed by atoms with E-state index in [0.29, 0.717) is 35.2 Å². The van der Waals surface area contributed by atoms with E-state index in [4.69, 9.17) is 0 Å². The zero-order valence-electron chi connectivity index (χ0n) is 21.3. The molecule has 6 nitrogen and oxygen atoms in total. The molecule has 1 aliphatic heterocycles. The molecule has 2 aromatic rings. The molecule has 1 aliphatic rings. The number of hydrogen-bond donors (Lipinski definition) is 2. The third kappa shape index (κ3) is 6.98. The van der Waals surface area contributed by atoms with E-state index in [0.717, 1.165) is 10.6 Å². The Hall–Kier alpha value is -3.06. The van der Waals surface area contributed by atoms with Crippen molar-refractivity contribution in [3.63, 3.8) is 0 Å². The van der Waals surface area contributed by atoms with Gasteiger partial charge in [-0.3, -0.25) is 19.3 Å². The number of thioether (sulfide) groups is 1. The summed E-state index contributed by atoms with van der Waals surface area (Å²) in [6.07, 6.45) is 0.457. The summed E-state index contributed by atoms with van der Waals surface area (Å²) in [5.74, 6) is 0.222. The molecule has 2 N–H and O–H groups in total. The second-order valence-corrected chi connectivity index (χ2v) is 11.1. The Morgan fingerprint density at radius 2 is 1.43 bits per heavy atom. The van der Waals surface area contributed by atoms with E-state index in [1.807, 2.05) is 76.2 Å². The van der Waals surface area contributed by atoms with Crippen molar-refractivity contribution in [3.05, 3.63) is 64.7 Å². The number of imide groups is 1. The van der Waals surface area contributed by atoms with Gasteiger partial charge in [-0.1, -0.05) is 65.4 Å². The molecule has 0 aliphatic carbocycles. The standard InChI is InChI=1S/C28H35N3O3S/c1-17(2)15-24(32)29-21-11-13-23(14-12-21)35-26-25(27(33)31(28(26)34)16-18(3)4)30-22-9-7-20(8-10-22)19(5)6/h7-14,17-19,30H,15-16H2,1-6H3,(H,29,32). The number of hydrogen-bond acceptors (Lipinski definition) is 5. The zero-order chi connectivity index (χ0) is 25.7. The number of nitrogens with one attached hydrogen (secondary N) is 2. The van der Waals surface area contributed by atoms with Crippen LogP contribution in [0, 0.1) is 11.8 Å². The average molecular weight is 494 g/mol. The van der Waals surface area contributed by atoms with Crippen LogP contribution in [0.2, 0.25) is 0 Å². The molecular weight excluding hydrogens is 458 g/mol. The van der Waals surface area contributed by atoms with Gasteiger partial charge in [0.25, 0.3) is 11.8 Å². The maximum absolute atomic E-state index is 13.2. The van der Waals surface area contributed by atoms with Crippen LogP contribution in [-0.2, 0) is 14.4 Å². The summed E-state index contributed by atoms with van der Waals surface area (Å²) in [4.78, 5) is 41.0. The van der Waals surface area contributed by atoms with Gasteiger partial charge in [-0.05, 0) is 59.7 Å². The first-order chi connectivity index (χ1) is 16.5. The lowest BCUT2D eigenvalue weighted by molar-refractivity contribution is -0.137. The number of amides is 3. The van der Waals surface area contributed by atoms with Crippen LogP contribution >= 0.6 is 11.8 Å². The Morgan fingerprint density at radius 3 is 1.97 bits per heavy atom. The Kier molecular flexibility index (Phi) is 8.78. The molecule has 0 atom stereocenters. The first-order valence-corrected chi connectivity index (χ1v) is 12.9. The second kappa shape index (κ2) is 11.6. The normalized spacial score (nSPS) is 14.0. The van der Waals surface area contributed by atoms with Crippen molar-refractivity contribution in [3.8, 4) is 0 Å². The molecular formula is C28H35N3O3S. The summed E-state index contributed by atoms with van der Waals surface area (Å²) in [7, 11) is 0. The first-order valence-electron chi connectivity index (χ1n) is 12.1. The molecule has 0 radical (unpaired) electrons. The quantitative estimate of drug-likeness (QED) is 0.383. The Bertz CT molecular complexity index is 1100. The third-order valence-corrected chi connectivity index (χ3v) is 6.56. The van der Waals surface area contributed by atoms with Gasteiger partial charge in [0.2, 0.25) is 5.91 Å². The van der Waals surface area contributed by atoms with Gasteiger partial charge in [-0.25, -0.2) is 0 Å². The van der Waals surface area contributed by atoms with Crippen molar-refractivity contribution in [2.75, 3.05) is 17.2 Å². The van der Waals surface area contributed by atoms with E-state index in [-0.39, 0.29) is 29.6 Å². The topological polar surface area (TPSA) is 78.5 Å². The van der Waals surface area contributed by atoms with Gasteiger partial charge < -0.3 is 10.6 Å². The van der Waals surface area contributed by atoms with Crippen LogP contribution < -0.4 is 10.6 Å². The van der Waals surface area contributed by atoms with Crippen molar-refractivity contribution in [1.82, 2.24) is 4.90 Å². The van der Waals surface area contributed by atoms with Gasteiger partial charge in [0.05, 0.1) is 0 Å². The van der Waals surface area contributed by atoms with Crippen molar-refractivity contribution >= 4 is 40.9 Å². The summed E-state index contributed by atoms with van der Waals surface area (Å²) in [6.45, 7) is 12.6. The fourth-order valence-electron chi connectivity index (χ4n) is 3.69. The number of rotatable bonds is 10. The van der Waals surface area contributed by atoms with Crippen LogP contribution in [0.1, 0.15) is 59.4 Å². The van der Waals surface area contributed by atoms with E-state index in [1.165, 1.54) is 22.2 Å². The highest BCUT2D eigenvalue weighted by Gasteiger charge is 2.39. The van der Waals surface area contributed by atoms with Gasteiger partial charge in [-0.2, -0.15) is 0 Å². The minimum Gasteiger partial charge on any atom is -0.350 e. The van der Waals surface area contributed by atoms with Gasteiger partial charge in [0.1, 0.15) is 10.6 Å². The zero-order valence-corrected chi connectivity index (χ0v) is 22.2. The molecule has 0 fully saturated rings. The Morgan fingerprint density at radius 1 is 0.829 bits per heavy atom. The van der Waals surface area contributed by atoms with E-state index < -0.39 is 0 Å². The first kappa shape index (κ1) is 26.5. The van der Waals surface area contributed by atoms with Crippen molar-refractivity contribution in [1.29, 1.82) is 0 Å². The van der Waals surface area contributed by atoms with Crippen LogP contribution in [0.15, 0.2) is 64.0 Å². The SMILES string of the molecule is CC(C)CC(=O)Nc1ccc(SC2=C(Nc3ccc(C(C)C)cc3)C(=O)N(CC(C)C)C2=O)cc1. The van der Waals surface area contributed by atoms with Crippen molar-refractivity contribution < 1.29 is 14.4 Å². The molecule has 3 amide bonds. The molecule has 0 saturated carbocycles. The predicted octanol–water partition coefficient (Wildman–Crippen LogP) is 6.24. The lowest BCUT2D eigenvalue weighted by atomic mass is 10.0. The van der Waals surface area contributed by atoms with Crippen LogP contribution in [0.5, 0.6) is 0 Å². The molecule has 7 heteroatoms. The minimum absolute atomic E-state index is 0.0287. The minimum atomic E-state index is -0.309. The lowest BCUT2D eigenvalue weighted by Crippen LogP contribution is -2.35. The third-order valence-electron chi connectivity index (χ3n) is 5.47. The number of carbonyl (C=O) groups excluding carboxylic acids is 3. The molecule has 0 bridgehead atoms. The van der Waals surface area contributed by atoms with Gasteiger partial charge in [0.15, 0.2) is 0 Å². The van der Waals surface area contributed by atoms with Crippen LogP contribution in [-0.4, -0.2) is 29.2 Å². The van der Waals surface area contributed by atoms with E-state index >= 15 is 0 Å². The second-order valence-electron chi connectivity index (χ2n) is 9.99. The van der Waals surface area contributed by atoms with Crippen LogP contribution in [0.3, 0.4) is 0 Å². The van der Waals surface area contributed by atoms with Crippen molar-refractivity contribution in [2.24, 2.45) is 11.8 Å². The number of carbonyl (C=O) groups is 3. The fourth-order valence-corrected chi connectivity index (χ4v) is 4.64. The summed E-state index contributed by atoms with van der Waals surface area (Å²) >= 11 is 1.26. The molecule has 35 heavy (non-hydrogen) atoms. The summed E-state index contributed by atoms with van der Waals surface area (Å²) in [5.41, 5.74) is 2.97. The molecule has 186 valence electrons. The molecule has 1 heterocycles. The smallest absolute Gasteiger partial charge is 0.278 e. The molecule has 0 saturated heterocycles. The van der Waals surface area contributed by atoms with Gasteiger partial charge >= 0.3 is 0 Å². The molecule has 0 aromatic heterocycles. The number of nitrogens with zero attached hydrogens (tertiary/aromatic N) is 1. The van der Waals surface area contributed by atoms with Crippen LogP contribution in [0.25, 0.3) is 0 Å². The summed E-state index contributed by atoms with van der Waals surface area (Å²) in [6, 6.07) is 15.2. The van der Waals surface area contributed by atoms with E-state index in [2.05, 4.69) is 24.5 Å². The largest absolute Gasteiger partial charge is 0.350 e. The van der Waals surface area contributed by atoms with Crippen molar-refractivity contribution in [2.45, 2.75) is 58.8 Å². The van der Waals surface area contributed by atoms with Crippen LogP contribution in [0.4, 0.5) is 11.4 Å². The monoisotopic (exact) mass is 493 g/mol. The predicted molar refractivity (Wildman–Crippen MR) is 143 cm³/mol. The molecule has 0 unspecified atom stereocenters. The molecule has 0 spiro atoms. The maximum Gasteiger partial charge on any atom is 0.278 e. The summed E-state index contributed by atoms with van der Waals surface area (Å²) in [5, 5.41) is 6.10. The van der Waals surface area contributed by atoms with Gasteiger partial charge in [0, 0.05) is 29.2 Å². The van der Waals surface area contributed by atoms with E-state index in [1.54, 1.807) is 0 Å². The summed E-state index contributed by atoms with van der Waals surface area (Å²) < 4.78 is 0. The fraction of sp³-hybridized carbons (Fsp3) is 0.393. The Balaban J connectivity index is 1.84. The molecule has 3 rings (SSSR count). The average Bonchev–Trinajstić information content (AvgIpc) is 2.99. The number of anilines is 2. The number of benzene rings is 2.